The molecule has 1 aromatic carbocycles. The van der Waals surface area contributed by atoms with Gasteiger partial charge in [-0.2, -0.15) is 0 Å². The Morgan fingerprint density at radius 3 is 2.80 bits per heavy atom. The molecule has 1 N–H and O–H groups in total. The molecule has 0 aliphatic heterocycles. The van der Waals surface area contributed by atoms with Crippen LogP contribution >= 0.6 is 0 Å². The second kappa shape index (κ2) is 6.55. The fourth-order valence-corrected chi connectivity index (χ4v) is 2.33. The van der Waals surface area contributed by atoms with Gasteiger partial charge >= 0.3 is 5.97 Å². The lowest BCUT2D eigenvalue weighted by Gasteiger charge is -2.11. The minimum absolute atomic E-state index is 0.0983. The number of fused-ring (bicyclic) bond motifs is 1. The Labute approximate surface area is 119 Å². The second-order valence-electron chi connectivity index (χ2n) is 5.29. The fourth-order valence-electron chi connectivity index (χ4n) is 2.33. The molecule has 108 valence electrons. The SMILES string of the molecule is CC[C@@H](C)NC(=O)COC(=O)c1ccc2c(c1)CCC2. The van der Waals surface area contributed by atoms with Gasteiger partial charge in [-0.25, -0.2) is 4.79 Å². The minimum Gasteiger partial charge on any atom is -0.452 e. The van der Waals surface area contributed by atoms with E-state index in [1.165, 1.54) is 11.1 Å². The number of ether oxygens (including phenoxy) is 1. The molecule has 0 radical (unpaired) electrons. The first-order chi connectivity index (χ1) is 9.60. The predicted octanol–water partition coefficient (Wildman–Crippen LogP) is 2.25. The molecule has 0 spiro atoms. The second-order valence-corrected chi connectivity index (χ2v) is 5.29. The van der Waals surface area contributed by atoms with Gasteiger partial charge in [0, 0.05) is 6.04 Å². The summed E-state index contributed by atoms with van der Waals surface area (Å²) in [4.78, 5) is 23.4. The third kappa shape index (κ3) is 3.59. The van der Waals surface area contributed by atoms with Gasteiger partial charge in [0.2, 0.25) is 0 Å². The van der Waals surface area contributed by atoms with Crippen LogP contribution < -0.4 is 5.32 Å². The Kier molecular flexibility index (Phi) is 4.77. The molecule has 0 saturated carbocycles. The maximum Gasteiger partial charge on any atom is 0.338 e. The highest BCUT2D eigenvalue weighted by Gasteiger charge is 2.15. The van der Waals surface area contributed by atoms with Crippen molar-refractivity contribution in [2.75, 3.05) is 6.61 Å². The predicted molar refractivity (Wildman–Crippen MR) is 76.6 cm³/mol. The van der Waals surface area contributed by atoms with E-state index in [0.717, 1.165) is 25.7 Å². The van der Waals surface area contributed by atoms with Gasteiger partial charge in [-0.3, -0.25) is 4.79 Å². The zero-order valence-electron chi connectivity index (χ0n) is 12.1. The molecular formula is C16H21NO3. The highest BCUT2D eigenvalue weighted by molar-refractivity contribution is 5.91. The molecule has 1 aliphatic carbocycles. The van der Waals surface area contributed by atoms with Crippen molar-refractivity contribution in [2.45, 2.75) is 45.6 Å². The van der Waals surface area contributed by atoms with Gasteiger partial charge in [0.1, 0.15) is 0 Å². The van der Waals surface area contributed by atoms with Crippen molar-refractivity contribution < 1.29 is 14.3 Å². The topological polar surface area (TPSA) is 55.4 Å². The average molecular weight is 275 g/mol. The lowest BCUT2D eigenvalue weighted by Crippen LogP contribution is -2.35. The Morgan fingerprint density at radius 2 is 2.05 bits per heavy atom. The van der Waals surface area contributed by atoms with Crippen LogP contribution in [-0.4, -0.2) is 24.5 Å². The highest BCUT2D eigenvalue weighted by atomic mass is 16.5. The van der Waals surface area contributed by atoms with Gasteiger partial charge < -0.3 is 10.1 Å². The summed E-state index contributed by atoms with van der Waals surface area (Å²) in [5.41, 5.74) is 3.07. The lowest BCUT2D eigenvalue weighted by atomic mass is 10.1. The van der Waals surface area contributed by atoms with E-state index >= 15 is 0 Å². The molecule has 1 aliphatic rings. The van der Waals surface area contributed by atoms with Gasteiger partial charge in [0.25, 0.3) is 5.91 Å². The van der Waals surface area contributed by atoms with E-state index in [-0.39, 0.29) is 18.6 Å². The molecule has 0 saturated heterocycles. The number of aryl methyl sites for hydroxylation is 2. The quantitative estimate of drug-likeness (QED) is 0.839. The van der Waals surface area contributed by atoms with Crippen molar-refractivity contribution in [3.8, 4) is 0 Å². The maximum atomic E-state index is 11.9. The molecule has 0 unspecified atom stereocenters. The zero-order chi connectivity index (χ0) is 14.5. The molecule has 1 amide bonds. The molecule has 0 fully saturated rings. The van der Waals surface area contributed by atoms with E-state index in [4.69, 9.17) is 4.74 Å². The number of rotatable bonds is 5. The first-order valence-electron chi connectivity index (χ1n) is 7.18. The van der Waals surface area contributed by atoms with Crippen molar-refractivity contribution in [1.82, 2.24) is 5.32 Å². The number of benzene rings is 1. The summed E-state index contributed by atoms with van der Waals surface area (Å²) >= 11 is 0. The number of nitrogens with one attached hydrogen (secondary N) is 1. The van der Waals surface area contributed by atoms with Gasteiger partial charge in [-0.15, -0.1) is 0 Å². The number of hydrogen-bond acceptors (Lipinski definition) is 3. The van der Waals surface area contributed by atoms with Crippen LogP contribution in [0.5, 0.6) is 0 Å². The van der Waals surface area contributed by atoms with E-state index in [2.05, 4.69) is 5.32 Å². The van der Waals surface area contributed by atoms with E-state index in [9.17, 15) is 9.59 Å². The Hall–Kier alpha value is -1.84. The van der Waals surface area contributed by atoms with Crippen molar-refractivity contribution >= 4 is 11.9 Å². The third-order valence-corrected chi connectivity index (χ3v) is 3.69. The van der Waals surface area contributed by atoms with Crippen LogP contribution in [0.25, 0.3) is 0 Å². The van der Waals surface area contributed by atoms with E-state index in [1.807, 2.05) is 26.0 Å². The van der Waals surface area contributed by atoms with Crippen molar-refractivity contribution in [1.29, 1.82) is 0 Å². The van der Waals surface area contributed by atoms with Crippen LogP contribution in [0.15, 0.2) is 18.2 Å². The summed E-state index contributed by atoms with van der Waals surface area (Å²) in [6.07, 6.45) is 4.10. The summed E-state index contributed by atoms with van der Waals surface area (Å²) in [7, 11) is 0. The number of amides is 1. The largest absolute Gasteiger partial charge is 0.452 e. The molecule has 0 aromatic heterocycles. The third-order valence-electron chi connectivity index (χ3n) is 3.69. The van der Waals surface area contributed by atoms with E-state index < -0.39 is 5.97 Å². The average Bonchev–Trinajstić information content (AvgIpc) is 2.91. The normalized spacial score (nSPS) is 14.5. The number of carbonyl (C=O) groups excluding carboxylic acids is 2. The van der Waals surface area contributed by atoms with E-state index in [1.54, 1.807) is 6.07 Å². The fraction of sp³-hybridized carbons (Fsp3) is 0.500. The molecule has 2 rings (SSSR count). The maximum absolute atomic E-state index is 11.9. The van der Waals surface area contributed by atoms with E-state index in [0.29, 0.717) is 5.56 Å². The number of hydrogen-bond donors (Lipinski definition) is 1. The first kappa shape index (κ1) is 14.6. The molecule has 4 heteroatoms. The molecule has 0 heterocycles. The minimum atomic E-state index is -0.431. The molecule has 1 aromatic rings. The Bertz CT molecular complexity index is 510. The zero-order valence-corrected chi connectivity index (χ0v) is 12.1. The van der Waals surface area contributed by atoms with Crippen LogP contribution in [-0.2, 0) is 22.4 Å². The summed E-state index contributed by atoms with van der Waals surface area (Å²) in [5, 5.41) is 2.76. The summed E-state index contributed by atoms with van der Waals surface area (Å²) in [6, 6.07) is 5.75. The van der Waals surface area contributed by atoms with Crippen molar-refractivity contribution in [3.63, 3.8) is 0 Å². The molecule has 0 bridgehead atoms. The first-order valence-corrected chi connectivity index (χ1v) is 7.18. The van der Waals surface area contributed by atoms with Crippen LogP contribution in [0, 0.1) is 0 Å². The smallest absolute Gasteiger partial charge is 0.338 e. The molecule has 20 heavy (non-hydrogen) atoms. The Balaban J connectivity index is 1.87. The summed E-state index contributed by atoms with van der Waals surface area (Å²) < 4.78 is 5.04. The number of esters is 1. The standard InChI is InChI=1S/C16H21NO3/c1-3-11(2)17-15(18)10-20-16(19)14-8-7-12-5-4-6-13(12)9-14/h7-9,11H,3-6,10H2,1-2H3,(H,17,18)/t11-/m1/s1. The summed E-state index contributed by atoms with van der Waals surface area (Å²) in [5.74, 6) is -0.687. The van der Waals surface area contributed by atoms with Crippen LogP contribution in [0.4, 0.5) is 0 Å². The highest BCUT2D eigenvalue weighted by Crippen LogP contribution is 2.23. The summed E-state index contributed by atoms with van der Waals surface area (Å²) in [6.45, 7) is 3.68. The van der Waals surface area contributed by atoms with Gasteiger partial charge in [0.15, 0.2) is 6.61 Å². The van der Waals surface area contributed by atoms with Crippen LogP contribution in [0.1, 0.15) is 48.2 Å². The van der Waals surface area contributed by atoms with Gasteiger partial charge in [0.05, 0.1) is 5.56 Å². The monoisotopic (exact) mass is 275 g/mol. The number of carbonyl (C=O) groups is 2. The Morgan fingerprint density at radius 1 is 1.30 bits per heavy atom. The van der Waals surface area contributed by atoms with Crippen molar-refractivity contribution in [2.24, 2.45) is 0 Å². The van der Waals surface area contributed by atoms with Crippen LogP contribution in [0.3, 0.4) is 0 Å². The molecule has 4 nitrogen and oxygen atoms in total. The van der Waals surface area contributed by atoms with Gasteiger partial charge in [-0.1, -0.05) is 13.0 Å². The molecular weight excluding hydrogens is 254 g/mol. The lowest BCUT2D eigenvalue weighted by molar-refractivity contribution is -0.124. The van der Waals surface area contributed by atoms with Crippen LogP contribution in [0.2, 0.25) is 0 Å². The van der Waals surface area contributed by atoms with Gasteiger partial charge in [-0.05, 0) is 55.9 Å². The molecule has 1 atom stereocenters. The van der Waals surface area contributed by atoms with Crippen molar-refractivity contribution in [3.05, 3.63) is 34.9 Å².